The maximum Gasteiger partial charge on any atom is 0.219 e. The Hall–Kier alpha value is -1.51. The SMILES string of the molecule is CCNC(=NCC(C)N1CCc2ccccc21)N1CCN(C(C)=O)CC1.I. The van der Waals surface area contributed by atoms with Gasteiger partial charge in [-0.3, -0.25) is 9.79 Å². The fraction of sp³-hybridized carbons (Fsp3) is 0.600. The molecule has 1 amide bonds. The summed E-state index contributed by atoms with van der Waals surface area (Å²) in [4.78, 5) is 23.1. The van der Waals surface area contributed by atoms with Crippen LogP contribution in [0.4, 0.5) is 5.69 Å². The first-order chi connectivity index (χ1) is 12.6. The van der Waals surface area contributed by atoms with Gasteiger partial charge in [-0.2, -0.15) is 0 Å². The van der Waals surface area contributed by atoms with Crippen LogP contribution in [0, 0.1) is 0 Å². The Labute approximate surface area is 180 Å². The fourth-order valence-electron chi connectivity index (χ4n) is 3.80. The summed E-state index contributed by atoms with van der Waals surface area (Å²) in [6.07, 6.45) is 1.12. The van der Waals surface area contributed by atoms with E-state index in [0.29, 0.717) is 6.04 Å². The Morgan fingerprint density at radius 1 is 1.15 bits per heavy atom. The number of carbonyl (C=O) groups excluding carboxylic acids is 1. The molecule has 1 unspecified atom stereocenters. The van der Waals surface area contributed by atoms with Crippen LogP contribution >= 0.6 is 24.0 Å². The van der Waals surface area contributed by atoms with Crippen molar-refractivity contribution in [2.45, 2.75) is 33.2 Å². The first-order valence-electron chi connectivity index (χ1n) is 9.73. The van der Waals surface area contributed by atoms with E-state index < -0.39 is 0 Å². The van der Waals surface area contributed by atoms with Crippen molar-refractivity contribution < 1.29 is 4.79 Å². The summed E-state index contributed by atoms with van der Waals surface area (Å²) in [6.45, 7) is 11.9. The number of fused-ring (bicyclic) bond motifs is 1. The van der Waals surface area contributed by atoms with Crippen molar-refractivity contribution in [3.8, 4) is 0 Å². The molecular weight excluding hydrogens is 453 g/mol. The minimum Gasteiger partial charge on any atom is -0.366 e. The zero-order valence-electron chi connectivity index (χ0n) is 16.6. The molecule has 1 aromatic rings. The minimum absolute atomic E-state index is 0. The number of guanidine groups is 1. The van der Waals surface area contributed by atoms with Gasteiger partial charge in [0.2, 0.25) is 5.91 Å². The second-order valence-electron chi connectivity index (χ2n) is 7.11. The van der Waals surface area contributed by atoms with Gasteiger partial charge < -0.3 is 20.0 Å². The molecule has 0 radical (unpaired) electrons. The summed E-state index contributed by atoms with van der Waals surface area (Å²) in [5, 5.41) is 3.42. The van der Waals surface area contributed by atoms with E-state index in [1.54, 1.807) is 6.92 Å². The molecule has 0 saturated carbocycles. The van der Waals surface area contributed by atoms with Crippen LogP contribution in [0.15, 0.2) is 29.3 Å². The molecule has 2 heterocycles. The Balaban J connectivity index is 0.00000261. The van der Waals surface area contributed by atoms with Gasteiger partial charge in [0.05, 0.1) is 6.54 Å². The molecule has 1 fully saturated rings. The number of hydrogen-bond acceptors (Lipinski definition) is 3. The molecule has 1 N–H and O–H groups in total. The van der Waals surface area contributed by atoms with E-state index in [4.69, 9.17) is 4.99 Å². The molecule has 6 nitrogen and oxygen atoms in total. The number of amides is 1. The molecule has 0 spiro atoms. The normalized spacial score (nSPS) is 18.0. The summed E-state index contributed by atoms with van der Waals surface area (Å²) < 4.78 is 0. The Kier molecular flexibility index (Phi) is 8.19. The third-order valence-electron chi connectivity index (χ3n) is 5.32. The van der Waals surface area contributed by atoms with Gasteiger partial charge in [0.15, 0.2) is 5.96 Å². The van der Waals surface area contributed by atoms with Crippen LogP contribution in [0.2, 0.25) is 0 Å². The number of nitrogens with one attached hydrogen (secondary N) is 1. The topological polar surface area (TPSA) is 51.2 Å². The highest BCUT2D eigenvalue weighted by Gasteiger charge is 2.24. The van der Waals surface area contributed by atoms with Crippen LogP contribution < -0.4 is 10.2 Å². The molecule has 2 aliphatic rings. The largest absolute Gasteiger partial charge is 0.366 e. The standard InChI is InChI=1S/C20H31N5O.HI/c1-4-21-20(24-13-11-23(12-14-24)17(3)26)22-15-16(2)25-10-9-18-7-5-6-8-19(18)25;/h5-8,16H,4,9-15H2,1-3H3,(H,21,22);1H. The molecule has 0 aromatic heterocycles. The molecule has 7 heteroatoms. The van der Waals surface area contributed by atoms with Crippen molar-refractivity contribution in [1.82, 2.24) is 15.1 Å². The molecule has 150 valence electrons. The zero-order valence-corrected chi connectivity index (χ0v) is 19.0. The van der Waals surface area contributed by atoms with Gasteiger partial charge in [-0.15, -0.1) is 24.0 Å². The van der Waals surface area contributed by atoms with Crippen LogP contribution in [0.1, 0.15) is 26.3 Å². The summed E-state index contributed by atoms with van der Waals surface area (Å²) in [6, 6.07) is 9.05. The van der Waals surface area contributed by atoms with Crippen LogP contribution in [0.25, 0.3) is 0 Å². The average Bonchev–Trinajstić information content (AvgIpc) is 3.09. The number of para-hydroxylation sites is 1. The predicted octanol–water partition coefficient (Wildman–Crippen LogP) is 2.19. The second-order valence-corrected chi connectivity index (χ2v) is 7.11. The number of carbonyl (C=O) groups is 1. The third kappa shape index (κ3) is 5.27. The van der Waals surface area contributed by atoms with Gasteiger partial charge in [0.25, 0.3) is 0 Å². The van der Waals surface area contributed by atoms with Gasteiger partial charge in [0, 0.05) is 57.9 Å². The van der Waals surface area contributed by atoms with Gasteiger partial charge in [0.1, 0.15) is 0 Å². The first kappa shape index (κ1) is 21.8. The molecule has 1 aromatic carbocycles. The van der Waals surface area contributed by atoms with Crippen molar-refractivity contribution in [2.75, 3.05) is 50.7 Å². The molecule has 3 rings (SSSR count). The zero-order chi connectivity index (χ0) is 18.5. The van der Waals surface area contributed by atoms with Gasteiger partial charge in [-0.05, 0) is 31.9 Å². The molecule has 2 aliphatic heterocycles. The number of aliphatic imine (C=N–C) groups is 1. The quantitative estimate of drug-likeness (QED) is 0.404. The van der Waals surface area contributed by atoms with E-state index in [0.717, 1.165) is 58.2 Å². The summed E-state index contributed by atoms with van der Waals surface area (Å²) >= 11 is 0. The van der Waals surface area contributed by atoms with Crippen LogP contribution in [-0.4, -0.2) is 73.5 Å². The smallest absolute Gasteiger partial charge is 0.219 e. The van der Waals surface area contributed by atoms with Crippen LogP contribution in [0.3, 0.4) is 0 Å². The number of benzene rings is 1. The number of piperazine rings is 1. The van der Waals surface area contributed by atoms with Gasteiger partial charge >= 0.3 is 0 Å². The maximum absolute atomic E-state index is 11.5. The van der Waals surface area contributed by atoms with Crippen LogP contribution in [0.5, 0.6) is 0 Å². The summed E-state index contributed by atoms with van der Waals surface area (Å²) in [5.41, 5.74) is 2.80. The van der Waals surface area contributed by atoms with E-state index in [1.807, 2.05) is 4.90 Å². The Morgan fingerprint density at radius 3 is 2.48 bits per heavy atom. The van der Waals surface area contributed by atoms with Crippen molar-refractivity contribution in [1.29, 1.82) is 0 Å². The van der Waals surface area contributed by atoms with E-state index in [2.05, 4.69) is 53.2 Å². The number of rotatable bonds is 4. The number of anilines is 1. The van der Waals surface area contributed by atoms with Crippen molar-refractivity contribution in [3.63, 3.8) is 0 Å². The fourth-order valence-corrected chi connectivity index (χ4v) is 3.80. The molecule has 27 heavy (non-hydrogen) atoms. The van der Waals surface area contributed by atoms with Crippen molar-refractivity contribution in [2.24, 2.45) is 4.99 Å². The van der Waals surface area contributed by atoms with Crippen molar-refractivity contribution >= 4 is 41.5 Å². The Bertz CT molecular complexity index is 658. The molecular formula is C20H32IN5O. The third-order valence-corrected chi connectivity index (χ3v) is 5.32. The molecule has 0 bridgehead atoms. The minimum atomic E-state index is 0. The highest BCUT2D eigenvalue weighted by atomic mass is 127. The molecule has 1 atom stereocenters. The van der Waals surface area contributed by atoms with Crippen molar-refractivity contribution in [3.05, 3.63) is 29.8 Å². The molecule has 1 saturated heterocycles. The summed E-state index contributed by atoms with van der Waals surface area (Å²) in [5.74, 6) is 1.13. The van der Waals surface area contributed by atoms with E-state index >= 15 is 0 Å². The van der Waals surface area contributed by atoms with Crippen LogP contribution in [-0.2, 0) is 11.2 Å². The van der Waals surface area contributed by atoms with E-state index in [-0.39, 0.29) is 29.9 Å². The average molecular weight is 485 g/mol. The second kappa shape index (κ2) is 10.1. The lowest BCUT2D eigenvalue weighted by Gasteiger charge is -2.36. The van der Waals surface area contributed by atoms with E-state index in [9.17, 15) is 4.79 Å². The maximum atomic E-state index is 11.5. The summed E-state index contributed by atoms with van der Waals surface area (Å²) in [7, 11) is 0. The lowest BCUT2D eigenvalue weighted by molar-refractivity contribution is -0.130. The number of nitrogens with zero attached hydrogens (tertiary/aromatic N) is 4. The monoisotopic (exact) mass is 485 g/mol. The predicted molar refractivity (Wildman–Crippen MR) is 122 cm³/mol. The van der Waals surface area contributed by atoms with E-state index in [1.165, 1.54) is 11.3 Å². The van der Waals surface area contributed by atoms with Gasteiger partial charge in [-0.1, -0.05) is 18.2 Å². The lowest BCUT2D eigenvalue weighted by Crippen LogP contribution is -2.53. The number of hydrogen-bond donors (Lipinski definition) is 1. The highest BCUT2D eigenvalue weighted by molar-refractivity contribution is 14.0. The highest BCUT2D eigenvalue weighted by Crippen LogP contribution is 2.29. The lowest BCUT2D eigenvalue weighted by atomic mass is 10.2. The number of halogens is 1. The molecule has 0 aliphatic carbocycles. The Morgan fingerprint density at radius 2 is 1.81 bits per heavy atom. The first-order valence-corrected chi connectivity index (χ1v) is 9.73. The van der Waals surface area contributed by atoms with Gasteiger partial charge in [-0.25, -0.2) is 0 Å².